The zero-order chi connectivity index (χ0) is 29.2. The van der Waals surface area contributed by atoms with Crippen molar-refractivity contribution in [1.82, 2.24) is 4.57 Å². The Balaban J connectivity index is 1.43. The first-order valence-electron chi connectivity index (χ1n) is 13.5. The lowest BCUT2D eigenvalue weighted by molar-refractivity contribution is -0.138. The van der Waals surface area contributed by atoms with Gasteiger partial charge in [0.25, 0.3) is 0 Å². The Bertz CT molecular complexity index is 1540. The van der Waals surface area contributed by atoms with E-state index < -0.39 is 11.9 Å². The van der Waals surface area contributed by atoms with Crippen LogP contribution in [0.2, 0.25) is 0 Å². The number of carboxylic acids is 2. The molecule has 0 spiro atoms. The topological polar surface area (TPSA) is 115 Å². The number of benzene rings is 3. The Kier molecular flexibility index (Phi) is 9.94. The molecule has 0 amide bonds. The van der Waals surface area contributed by atoms with E-state index in [1.165, 1.54) is 6.20 Å². The van der Waals surface area contributed by atoms with Crippen LogP contribution in [0.1, 0.15) is 52.7 Å². The molecule has 4 rings (SSSR count). The van der Waals surface area contributed by atoms with Crippen molar-refractivity contribution in [3.05, 3.63) is 95.2 Å². The first-order valence-corrected chi connectivity index (χ1v) is 13.5. The quantitative estimate of drug-likeness (QED) is 0.0979. The molecule has 0 unspecified atom stereocenters. The number of hydrogen-bond donors (Lipinski definition) is 2. The van der Waals surface area contributed by atoms with Crippen molar-refractivity contribution in [1.29, 1.82) is 0 Å². The van der Waals surface area contributed by atoms with Gasteiger partial charge in [0.2, 0.25) is 0 Å². The highest BCUT2D eigenvalue weighted by Crippen LogP contribution is 2.30. The molecule has 1 aromatic heterocycles. The van der Waals surface area contributed by atoms with Gasteiger partial charge in [0, 0.05) is 29.1 Å². The van der Waals surface area contributed by atoms with E-state index in [0.29, 0.717) is 29.7 Å². The van der Waals surface area contributed by atoms with Crippen LogP contribution in [0, 0.1) is 6.92 Å². The molecule has 8 heteroatoms. The lowest BCUT2D eigenvalue weighted by Gasteiger charge is -2.09. The molecule has 3 aromatic carbocycles. The molecule has 212 valence electrons. The number of fused-ring (bicyclic) bond motifs is 1. The highest BCUT2D eigenvalue weighted by Gasteiger charge is 2.19. The maximum Gasteiger partial charge on any atom is 0.323 e. The van der Waals surface area contributed by atoms with Gasteiger partial charge in [-0.25, -0.2) is 0 Å². The van der Waals surface area contributed by atoms with Crippen LogP contribution in [0.25, 0.3) is 23.1 Å². The molecule has 1 heterocycles. The number of rotatable bonds is 15. The summed E-state index contributed by atoms with van der Waals surface area (Å²) in [6.07, 6.45) is 6.66. The maximum absolute atomic E-state index is 12.8. The Hall–Kier alpha value is -4.85. The molecule has 0 bridgehead atoms. The molecule has 8 nitrogen and oxygen atoms in total. The molecule has 0 saturated heterocycles. The molecule has 0 fully saturated rings. The van der Waals surface area contributed by atoms with Crippen molar-refractivity contribution in [3.8, 4) is 11.5 Å². The number of ether oxygens (including phenoxy) is 2. The summed E-state index contributed by atoms with van der Waals surface area (Å²) in [4.78, 5) is 35.3. The number of carbonyl (C=O) groups is 3. The molecule has 0 aliphatic carbocycles. The van der Waals surface area contributed by atoms with Crippen LogP contribution >= 0.6 is 0 Å². The molecule has 2 N–H and O–H groups in total. The summed E-state index contributed by atoms with van der Waals surface area (Å²) in [5.74, 6) is -0.800. The number of unbranched alkanes of at least 4 members (excludes halogenated alkanes) is 1. The standard InChI is InChI=1S/C33H33NO7/c1-23-9-15-28-29(30(35)17-18-31(36)37)21-34(22-32(38)39)33(28)27(23)16-12-24-10-13-26(14-11-24)41-20-6-5-19-40-25-7-3-2-4-8-25/h2-4,7-16,21H,5-6,17-20,22H2,1H3,(H,36,37)(H,38,39)/b16-12+. The van der Waals surface area contributed by atoms with E-state index in [-0.39, 0.29) is 25.2 Å². The number of hydrogen-bond acceptors (Lipinski definition) is 5. The number of nitrogens with zero attached hydrogens (tertiary/aromatic N) is 1. The number of aliphatic carboxylic acids is 2. The van der Waals surface area contributed by atoms with Crippen LogP contribution in [-0.2, 0) is 16.1 Å². The number of ketones is 1. The predicted octanol–water partition coefficient (Wildman–Crippen LogP) is 6.49. The van der Waals surface area contributed by atoms with E-state index in [2.05, 4.69) is 0 Å². The Labute approximate surface area is 238 Å². The van der Waals surface area contributed by atoms with E-state index in [1.807, 2.05) is 79.7 Å². The van der Waals surface area contributed by atoms with Crippen LogP contribution in [-0.4, -0.2) is 45.7 Å². The van der Waals surface area contributed by atoms with Crippen molar-refractivity contribution in [3.63, 3.8) is 0 Å². The van der Waals surface area contributed by atoms with Crippen molar-refractivity contribution in [2.24, 2.45) is 0 Å². The van der Waals surface area contributed by atoms with Gasteiger partial charge in [0.05, 0.1) is 25.2 Å². The first-order chi connectivity index (χ1) is 19.8. The zero-order valence-electron chi connectivity index (χ0n) is 22.9. The number of aryl methyl sites for hydroxylation is 1. The Morgan fingerprint density at radius 3 is 2.07 bits per heavy atom. The second-order valence-corrected chi connectivity index (χ2v) is 9.69. The fourth-order valence-electron chi connectivity index (χ4n) is 4.54. The molecule has 0 aliphatic heterocycles. The van der Waals surface area contributed by atoms with Crippen molar-refractivity contribution in [2.75, 3.05) is 13.2 Å². The Morgan fingerprint density at radius 1 is 0.780 bits per heavy atom. The maximum atomic E-state index is 12.8. The summed E-state index contributed by atoms with van der Waals surface area (Å²) in [6, 6.07) is 21.1. The van der Waals surface area contributed by atoms with Gasteiger partial charge in [0.1, 0.15) is 18.0 Å². The van der Waals surface area contributed by atoms with E-state index in [1.54, 1.807) is 10.6 Å². The second kappa shape index (κ2) is 14.0. The van der Waals surface area contributed by atoms with Gasteiger partial charge < -0.3 is 24.3 Å². The van der Waals surface area contributed by atoms with Gasteiger partial charge in [-0.3, -0.25) is 14.4 Å². The summed E-state index contributed by atoms with van der Waals surface area (Å²) in [5.41, 5.74) is 3.58. The largest absolute Gasteiger partial charge is 0.494 e. The second-order valence-electron chi connectivity index (χ2n) is 9.69. The summed E-state index contributed by atoms with van der Waals surface area (Å²) in [5, 5.41) is 19.1. The third kappa shape index (κ3) is 8.08. The van der Waals surface area contributed by atoms with Crippen LogP contribution < -0.4 is 9.47 Å². The smallest absolute Gasteiger partial charge is 0.323 e. The Morgan fingerprint density at radius 2 is 1.44 bits per heavy atom. The third-order valence-electron chi connectivity index (χ3n) is 6.61. The average Bonchev–Trinajstić information content (AvgIpc) is 3.32. The van der Waals surface area contributed by atoms with Crippen molar-refractivity contribution < 1.29 is 34.1 Å². The molecular formula is C33H33NO7. The molecule has 0 radical (unpaired) electrons. The van der Waals surface area contributed by atoms with Crippen LogP contribution in [0.15, 0.2) is 72.9 Å². The molecular weight excluding hydrogens is 522 g/mol. The minimum absolute atomic E-state index is 0.156. The summed E-state index contributed by atoms with van der Waals surface area (Å²) >= 11 is 0. The highest BCUT2D eigenvalue weighted by atomic mass is 16.5. The number of aromatic nitrogens is 1. The average molecular weight is 556 g/mol. The molecule has 0 aliphatic rings. The van der Waals surface area contributed by atoms with Gasteiger partial charge >= 0.3 is 11.9 Å². The van der Waals surface area contributed by atoms with Crippen molar-refractivity contribution in [2.45, 2.75) is 39.2 Å². The fraction of sp³-hybridized carbons (Fsp3) is 0.242. The van der Waals surface area contributed by atoms with Gasteiger partial charge in [-0.15, -0.1) is 0 Å². The third-order valence-corrected chi connectivity index (χ3v) is 6.61. The number of Topliss-reactive ketones (excluding diaryl/α,β-unsaturated/α-hetero) is 1. The minimum Gasteiger partial charge on any atom is -0.494 e. The zero-order valence-corrected chi connectivity index (χ0v) is 22.9. The molecule has 0 atom stereocenters. The predicted molar refractivity (Wildman–Crippen MR) is 158 cm³/mol. The summed E-state index contributed by atoms with van der Waals surface area (Å²) in [6.45, 7) is 2.82. The number of para-hydroxylation sites is 1. The van der Waals surface area contributed by atoms with Crippen LogP contribution in [0.3, 0.4) is 0 Å². The van der Waals surface area contributed by atoms with Crippen LogP contribution in [0.4, 0.5) is 0 Å². The molecule has 0 saturated carbocycles. The van der Waals surface area contributed by atoms with E-state index in [0.717, 1.165) is 41.0 Å². The summed E-state index contributed by atoms with van der Waals surface area (Å²) in [7, 11) is 0. The van der Waals surface area contributed by atoms with Gasteiger partial charge in [-0.1, -0.05) is 54.6 Å². The van der Waals surface area contributed by atoms with Gasteiger partial charge in [0.15, 0.2) is 5.78 Å². The van der Waals surface area contributed by atoms with Gasteiger partial charge in [-0.2, -0.15) is 0 Å². The fourth-order valence-corrected chi connectivity index (χ4v) is 4.54. The van der Waals surface area contributed by atoms with Crippen LogP contribution in [0.5, 0.6) is 11.5 Å². The number of carboxylic acid groups (broad SMARTS) is 2. The normalized spacial score (nSPS) is 11.1. The van der Waals surface area contributed by atoms with Crippen molar-refractivity contribution >= 4 is 40.8 Å². The van der Waals surface area contributed by atoms with E-state index >= 15 is 0 Å². The number of carbonyl (C=O) groups excluding carboxylic acids is 1. The first kappa shape index (κ1) is 29.1. The SMILES string of the molecule is Cc1ccc2c(C(=O)CCC(=O)O)cn(CC(=O)O)c2c1/C=C/c1ccc(OCCCCOc2ccccc2)cc1. The monoisotopic (exact) mass is 555 g/mol. The van der Waals surface area contributed by atoms with Gasteiger partial charge in [-0.05, 0) is 55.2 Å². The lowest BCUT2D eigenvalue weighted by Crippen LogP contribution is -2.08. The minimum atomic E-state index is -1.06. The van der Waals surface area contributed by atoms with E-state index in [9.17, 15) is 19.5 Å². The molecule has 41 heavy (non-hydrogen) atoms. The highest BCUT2D eigenvalue weighted by molar-refractivity contribution is 6.10. The lowest BCUT2D eigenvalue weighted by atomic mass is 9.99. The van der Waals surface area contributed by atoms with E-state index in [4.69, 9.17) is 14.6 Å². The summed E-state index contributed by atoms with van der Waals surface area (Å²) < 4.78 is 13.1. The molecule has 4 aromatic rings.